The highest BCUT2D eigenvalue weighted by Gasteiger charge is 2.39. The third-order valence-corrected chi connectivity index (χ3v) is 4.85. The number of rotatable bonds is 0. The van der Waals surface area contributed by atoms with Crippen LogP contribution in [0.2, 0.25) is 0 Å². The summed E-state index contributed by atoms with van der Waals surface area (Å²) >= 11 is 5.46. The van der Waals surface area contributed by atoms with Gasteiger partial charge in [-0.3, -0.25) is 4.79 Å². The minimum absolute atomic E-state index is 0.387. The Morgan fingerprint density at radius 3 is 3.09 bits per heavy atom. The molecule has 2 aliphatic rings. The van der Waals surface area contributed by atoms with Crippen molar-refractivity contribution in [2.24, 2.45) is 5.92 Å². The number of carbonyl (C=O) groups is 1. The molecule has 62 valence electrons. The summed E-state index contributed by atoms with van der Waals surface area (Å²) in [5.74, 6) is 1.65. The second kappa shape index (κ2) is 3.09. The molecule has 0 radical (unpaired) electrons. The molecule has 1 saturated heterocycles. The number of carbonyl (C=O) groups excluding carboxylic acids is 1. The van der Waals surface area contributed by atoms with Gasteiger partial charge in [0, 0.05) is 16.0 Å². The smallest absolute Gasteiger partial charge is 0.146 e. The Labute approximate surface area is 79.4 Å². The molecule has 11 heavy (non-hydrogen) atoms. The maximum atomic E-state index is 11.3. The van der Waals surface area contributed by atoms with Gasteiger partial charge in [0.1, 0.15) is 5.78 Å². The van der Waals surface area contributed by atoms with Gasteiger partial charge >= 0.3 is 0 Å². The molecule has 0 aromatic heterocycles. The SMILES string of the molecule is O=C1CSC2CCC(Br)CC12. The number of fused-ring (bicyclic) bond motifs is 1. The monoisotopic (exact) mass is 234 g/mol. The number of ketones is 1. The van der Waals surface area contributed by atoms with Crippen molar-refractivity contribution in [2.75, 3.05) is 5.75 Å². The summed E-state index contributed by atoms with van der Waals surface area (Å²) in [4.78, 5) is 11.9. The van der Waals surface area contributed by atoms with Crippen LogP contribution in [0.25, 0.3) is 0 Å². The first-order chi connectivity index (χ1) is 5.27. The van der Waals surface area contributed by atoms with Crippen LogP contribution in [0.3, 0.4) is 0 Å². The number of halogens is 1. The predicted octanol–water partition coefficient (Wildman–Crippen LogP) is 2.23. The first-order valence-corrected chi connectivity index (χ1v) is 6.02. The van der Waals surface area contributed by atoms with Gasteiger partial charge in [0.15, 0.2) is 0 Å². The zero-order valence-electron chi connectivity index (χ0n) is 6.25. The van der Waals surface area contributed by atoms with Crippen LogP contribution in [0.1, 0.15) is 19.3 Å². The summed E-state index contributed by atoms with van der Waals surface area (Å²) in [6, 6.07) is 0. The molecule has 1 nitrogen and oxygen atoms in total. The van der Waals surface area contributed by atoms with Crippen LogP contribution >= 0.6 is 27.7 Å². The van der Waals surface area contributed by atoms with Crippen molar-refractivity contribution < 1.29 is 4.79 Å². The van der Waals surface area contributed by atoms with Crippen LogP contribution in [0.4, 0.5) is 0 Å². The molecule has 0 spiro atoms. The van der Waals surface area contributed by atoms with Crippen LogP contribution in [0, 0.1) is 5.92 Å². The molecule has 1 aliphatic carbocycles. The molecular formula is C8H11BrOS. The topological polar surface area (TPSA) is 17.1 Å². The van der Waals surface area contributed by atoms with E-state index in [0.29, 0.717) is 21.8 Å². The molecule has 0 amide bonds. The third kappa shape index (κ3) is 1.50. The van der Waals surface area contributed by atoms with Crippen LogP contribution < -0.4 is 0 Å². The lowest BCUT2D eigenvalue weighted by Gasteiger charge is -2.26. The Morgan fingerprint density at radius 2 is 2.27 bits per heavy atom. The molecular weight excluding hydrogens is 224 g/mol. The molecule has 0 aromatic carbocycles. The van der Waals surface area contributed by atoms with E-state index in [1.807, 2.05) is 11.8 Å². The summed E-state index contributed by atoms with van der Waals surface area (Å²) in [5, 5.41) is 0.663. The normalized spacial score (nSPS) is 44.1. The molecule has 3 atom stereocenters. The number of Topliss-reactive ketones (excluding diaryl/α,β-unsaturated/α-hetero) is 1. The van der Waals surface area contributed by atoms with Gasteiger partial charge in [-0.1, -0.05) is 15.9 Å². The van der Waals surface area contributed by atoms with Crippen LogP contribution in [0.5, 0.6) is 0 Å². The second-order valence-corrected chi connectivity index (χ2v) is 5.86. The van der Waals surface area contributed by atoms with E-state index in [4.69, 9.17) is 0 Å². The number of hydrogen-bond acceptors (Lipinski definition) is 2. The highest BCUT2D eigenvalue weighted by atomic mass is 79.9. The molecule has 1 heterocycles. The summed E-state index contributed by atoms with van der Waals surface area (Å²) < 4.78 is 0. The van der Waals surface area contributed by atoms with E-state index >= 15 is 0 Å². The van der Waals surface area contributed by atoms with E-state index < -0.39 is 0 Å². The molecule has 0 N–H and O–H groups in total. The van der Waals surface area contributed by atoms with E-state index in [-0.39, 0.29) is 0 Å². The minimum atomic E-state index is 0.387. The fraction of sp³-hybridized carbons (Fsp3) is 0.875. The summed E-state index contributed by atoms with van der Waals surface area (Å²) in [6.07, 6.45) is 3.56. The Balaban J connectivity index is 2.07. The predicted molar refractivity (Wildman–Crippen MR) is 51.3 cm³/mol. The molecule has 2 rings (SSSR count). The largest absolute Gasteiger partial charge is 0.298 e. The van der Waals surface area contributed by atoms with Crippen molar-refractivity contribution in [3.8, 4) is 0 Å². The zero-order valence-corrected chi connectivity index (χ0v) is 8.66. The summed E-state index contributed by atoms with van der Waals surface area (Å²) in [7, 11) is 0. The Hall–Kier alpha value is 0.500. The molecule has 3 heteroatoms. The van der Waals surface area contributed by atoms with E-state index in [2.05, 4.69) is 15.9 Å². The lowest BCUT2D eigenvalue weighted by Crippen LogP contribution is -2.27. The van der Waals surface area contributed by atoms with E-state index in [1.54, 1.807) is 0 Å². The summed E-state index contributed by atoms with van der Waals surface area (Å²) in [6.45, 7) is 0. The lowest BCUT2D eigenvalue weighted by atomic mass is 9.86. The van der Waals surface area contributed by atoms with Crippen LogP contribution in [-0.2, 0) is 4.79 Å². The Morgan fingerprint density at radius 1 is 1.45 bits per heavy atom. The molecule has 1 saturated carbocycles. The molecule has 3 unspecified atom stereocenters. The number of hydrogen-bond donors (Lipinski definition) is 0. The van der Waals surface area contributed by atoms with Gasteiger partial charge in [-0.2, -0.15) is 0 Å². The highest BCUT2D eigenvalue weighted by Crippen LogP contribution is 2.41. The van der Waals surface area contributed by atoms with Crippen molar-refractivity contribution in [3.05, 3.63) is 0 Å². The van der Waals surface area contributed by atoms with Crippen LogP contribution in [0.15, 0.2) is 0 Å². The van der Waals surface area contributed by atoms with Gasteiger partial charge in [0.2, 0.25) is 0 Å². The maximum absolute atomic E-state index is 11.3. The fourth-order valence-electron chi connectivity index (χ4n) is 1.93. The van der Waals surface area contributed by atoms with Crippen molar-refractivity contribution in [2.45, 2.75) is 29.3 Å². The van der Waals surface area contributed by atoms with Gasteiger partial charge in [0.05, 0.1) is 5.75 Å². The second-order valence-electron chi connectivity index (χ2n) is 3.33. The molecule has 0 bridgehead atoms. The Bertz CT molecular complexity index is 183. The standard InChI is InChI=1S/C8H11BrOS/c9-5-1-2-8-6(3-5)7(10)4-11-8/h5-6,8H,1-4H2. The summed E-state index contributed by atoms with van der Waals surface area (Å²) in [5.41, 5.74) is 0. The van der Waals surface area contributed by atoms with Crippen molar-refractivity contribution in [1.29, 1.82) is 0 Å². The van der Waals surface area contributed by atoms with Gasteiger partial charge in [-0.25, -0.2) is 0 Å². The van der Waals surface area contributed by atoms with E-state index in [1.165, 1.54) is 12.8 Å². The van der Waals surface area contributed by atoms with Crippen molar-refractivity contribution in [3.63, 3.8) is 0 Å². The average Bonchev–Trinajstić information content (AvgIpc) is 2.33. The highest BCUT2D eigenvalue weighted by molar-refractivity contribution is 9.09. The molecule has 1 aliphatic heterocycles. The molecule has 0 aromatic rings. The number of alkyl halides is 1. The zero-order chi connectivity index (χ0) is 7.84. The molecule has 2 fully saturated rings. The van der Waals surface area contributed by atoms with Gasteiger partial charge in [-0.15, -0.1) is 11.8 Å². The van der Waals surface area contributed by atoms with Crippen LogP contribution in [-0.4, -0.2) is 21.6 Å². The fourth-order valence-corrected chi connectivity index (χ4v) is 3.98. The van der Waals surface area contributed by atoms with Crippen molar-refractivity contribution >= 4 is 33.5 Å². The quantitative estimate of drug-likeness (QED) is 0.599. The van der Waals surface area contributed by atoms with Gasteiger partial charge < -0.3 is 0 Å². The maximum Gasteiger partial charge on any atom is 0.146 e. The van der Waals surface area contributed by atoms with E-state index in [0.717, 1.165) is 12.2 Å². The van der Waals surface area contributed by atoms with Gasteiger partial charge in [0.25, 0.3) is 0 Å². The number of thioether (sulfide) groups is 1. The van der Waals surface area contributed by atoms with Crippen molar-refractivity contribution in [1.82, 2.24) is 0 Å². The van der Waals surface area contributed by atoms with Gasteiger partial charge in [-0.05, 0) is 19.3 Å². The average molecular weight is 235 g/mol. The third-order valence-electron chi connectivity index (χ3n) is 2.58. The van der Waals surface area contributed by atoms with E-state index in [9.17, 15) is 4.79 Å². The minimum Gasteiger partial charge on any atom is -0.298 e. The first kappa shape index (κ1) is 8.11. The first-order valence-electron chi connectivity index (χ1n) is 4.06. The lowest BCUT2D eigenvalue weighted by molar-refractivity contribution is -0.120. The Kier molecular flexibility index (Phi) is 2.28.